The lowest BCUT2D eigenvalue weighted by Crippen LogP contribution is -2.18. The zero-order valence-corrected chi connectivity index (χ0v) is 11.0. The van der Waals surface area contributed by atoms with E-state index >= 15 is 0 Å². The average Bonchev–Trinajstić information content (AvgIpc) is 2.18. The fourth-order valence-corrected chi connectivity index (χ4v) is 0.500. The molecule has 0 spiro atoms. The number of hydrogen-bond donors (Lipinski definition) is 1. The van der Waals surface area contributed by atoms with E-state index in [2.05, 4.69) is 47.8 Å². The molecule has 0 heterocycles. The highest BCUT2D eigenvalue weighted by Crippen LogP contribution is 2.07. The average molecular weight is 201 g/mol. The maximum absolute atomic E-state index is 5.31. The Kier molecular flexibility index (Phi) is 20.9. The molecule has 0 saturated carbocycles. The number of nitrogens with two attached hydrogens (primary N) is 1. The minimum Gasteiger partial charge on any atom is -0.330 e. The summed E-state index contributed by atoms with van der Waals surface area (Å²) in [6, 6.07) is 0. The van der Waals surface area contributed by atoms with Gasteiger partial charge < -0.3 is 5.73 Å². The van der Waals surface area contributed by atoms with Gasteiger partial charge in [-0.25, -0.2) is 0 Å². The Bertz CT molecular complexity index is 77.7. The molecule has 2 N–H and O–H groups in total. The van der Waals surface area contributed by atoms with Crippen molar-refractivity contribution in [1.82, 2.24) is 0 Å². The Labute approximate surface area is 91.8 Å². The highest BCUT2D eigenvalue weighted by molar-refractivity contribution is 4.59. The predicted molar refractivity (Wildman–Crippen MR) is 69.6 cm³/mol. The van der Waals surface area contributed by atoms with Gasteiger partial charge >= 0.3 is 0 Å². The van der Waals surface area contributed by atoms with Gasteiger partial charge in [0, 0.05) is 0 Å². The van der Waals surface area contributed by atoms with Crippen molar-refractivity contribution < 1.29 is 0 Å². The van der Waals surface area contributed by atoms with Gasteiger partial charge in [0.15, 0.2) is 0 Å². The maximum Gasteiger partial charge on any atom is -0.00285 e. The molecule has 0 amide bonds. The van der Waals surface area contributed by atoms with E-state index in [0.29, 0.717) is 5.41 Å². The Balaban J connectivity index is -0.000000147. The molecule has 14 heavy (non-hydrogen) atoms. The van der Waals surface area contributed by atoms with Crippen molar-refractivity contribution in [2.24, 2.45) is 11.1 Å². The third-order valence-electron chi connectivity index (χ3n) is 1.57. The fourth-order valence-electron chi connectivity index (χ4n) is 0.500. The molecule has 1 heteroatoms. The van der Waals surface area contributed by atoms with Crippen LogP contribution in [-0.4, -0.2) is 6.54 Å². The molecule has 0 aromatic heterocycles. The molecular weight excluding hydrogens is 170 g/mol. The van der Waals surface area contributed by atoms with Crippen molar-refractivity contribution in [3.8, 4) is 0 Å². The SMILES string of the molecule is C=C.CC(C)(C)CN.CCCCCC. The van der Waals surface area contributed by atoms with Crippen LogP contribution < -0.4 is 5.73 Å². The molecule has 0 bridgehead atoms. The molecule has 0 aromatic rings. The second kappa shape index (κ2) is 15.2. The van der Waals surface area contributed by atoms with Crippen LogP contribution in [0.3, 0.4) is 0 Å². The highest BCUT2D eigenvalue weighted by Gasteiger charge is 2.03. The van der Waals surface area contributed by atoms with Gasteiger partial charge in [-0.1, -0.05) is 60.3 Å². The summed E-state index contributed by atoms with van der Waals surface area (Å²) in [6.07, 6.45) is 5.54. The van der Waals surface area contributed by atoms with E-state index in [1.54, 1.807) is 0 Å². The first-order chi connectivity index (χ1) is 6.47. The smallest absolute Gasteiger partial charge is 0.00285 e. The van der Waals surface area contributed by atoms with Crippen LogP contribution in [0.15, 0.2) is 13.2 Å². The Morgan fingerprint density at radius 3 is 1.21 bits per heavy atom. The molecule has 88 valence electrons. The largest absolute Gasteiger partial charge is 0.330 e. The molecule has 0 rings (SSSR count). The first-order valence-corrected chi connectivity index (χ1v) is 5.68. The zero-order chi connectivity index (χ0) is 12.0. The number of rotatable bonds is 3. The maximum atomic E-state index is 5.31. The normalized spacial score (nSPS) is 9.29. The zero-order valence-electron chi connectivity index (χ0n) is 11.0. The molecular formula is C13H31N. The molecule has 0 aliphatic heterocycles. The summed E-state index contributed by atoms with van der Waals surface area (Å²) in [5.74, 6) is 0. The second-order valence-electron chi connectivity index (χ2n) is 4.47. The molecule has 0 radical (unpaired) electrons. The van der Waals surface area contributed by atoms with Crippen molar-refractivity contribution in [2.75, 3.05) is 6.54 Å². The van der Waals surface area contributed by atoms with Gasteiger partial charge in [0.05, 0.1) is 0 Å². The summed E-state index contributed by atoms with van der Waals surface area (Å²) >= 11 is 0. The van der Waals surface area contributed by atoms with Crippen LogP contribution in [0.2, 0.25) is 0 Å². The first kappa shape index (κ1) is 19.3. The van der Waals surface area contributed by atoms with Gasteiger partial charge in [-0.15, -0.1) is 13.2 Å². The van der Waals surface area contributed by atoms with Crippen LogP contribution in [0, 0.1) is 5.41 Å². The van der Waals surface area contributed by atoms with Crippen molar-refractivity contribution in [3.63, 3.8) is 0 Å². The van der Waals surface area contributed by atoms with E-state index in [9.17, 15) is 0 Å². The summed E-state index contributed by atoms with van der Waals surface area (Å²) in [5.41, 5.74) is 5.62. The van der Waals surface area contributed by atoms with Crippen molar-refractivity contribution in [2.45, 2.75) is 60.3 Å². The number of unbranched alkanes of at least 4 members (excludes halogenated alkanes) is 3. The monoisotopic (exact) mass is 201 g/mol. The Morgan fingerprint density at radius 2 is 1.14 bits per heavy atom. The van der Waals surface area contributed by atoms with Gasteiger partial charge in [-0.3, -0.25) is 0 Å². The molecule has 0 aromatic carbocycles. The highest BCUT2D eigenvalue weighted by atomic mass is 14.6. The van der Waals surface area contributed by atoms with Crippen LogP contribution in [0.5, 0.6) is 0 Å². The molecule has 0 fully saturated rings. The van der Waals surface area contributed by atoms with E-state index in [1.165, 1.54) is 25.7 Å². The van der Waals surface area contributed by atoms with E-state index < -0.39 is 0 Å². The predicted octanol–water partition coefficient (Wildman–Crippen LogP) is 4.38. The first-order valence-electron chi connectivity index (χ1n) is 5.68. The lowest BCUT2D eigenvalue weighted by Gasteiger charge is -2.12. The van der Waals surface area contributed by atoms with Crippen LogP contribution in [0.25, 0.3) is 0 Å². The lowest BCUT2D eigenvalue weighted by atomic mass is 9.98. The summed E-state index contributed by atoms with van der Waals surface area (Å²) in [6.45, 7) is 17.6. The minimum atomic E-state index is 0.319. The summed E-state index contributed by atoms with van der Waals surface area (Å²) < 4.78 is 0. The third-order valence-corrected chi connectivity index (χ3v) is 1.57. The van der Waals surface area contributed by atoms with Gasteiger partial charge in [0.25, 0.3) is 0 Å². The third kappa shape index (κ3) is 41.2. The molecule has 0 aliphatic carbocycles. The van der Waals surface area contributed by atoms with E-state index in [-0.39, 0.29) is 0 Å². The summed E-state index contributed by atoms with van der Waals surface area (Å²) in [7, 11) is 0. The van der Waals surface area contributed by atoms with Crippen LogP contribution in [0.1, 0.15) is 60.3 Å². The second-order valence-corrected chi connectivity index (χ2v) is 4.47. The fraction of sp³-hybridized carbons (Fsp3) is 0.846. The molecule has 0 saturated heterocycles. The van der Waals surface area contributed by atoms with Crippen molar-refractivity contribution in [3.05, 3.63) is 13.2 Å². The van der Waals surface area contributed by atoms with Crippen LogP contribution >= 0.6 is 0 Å². The van der Waals surface area contributed by atoms with Crippen molar-refractivity contribution >= 4 is 0 Å². The van der Waals surface area contributed by atoms with Gasteiger partial charge in [0.1, 0.15) is 0 Å². The molecule has 0 atom stereocenters. The molecule has 0 aliphatic rings. The Morgan fingerprint density at radius 1 is 0.929 bits per heavy atom. The Hall–Kier alpha value is -0.300. The standard InChI is InChI=1S/C6H14.C5H13N.C2H4/c1-3-5-6-4-2;1-5(2,3)4-6;1-2/h3-6H2,1-2H3;4,6H2,1-3H3;1-2H2. The van der Waals surface area contributed by atoms with E-state index in [1.807, 2.05) is 0 Å². The summed E-state index contributed by atoms with van der Waals surface area (Å²) in [5, 5.41) is 0. The molecule has 1 nitrogen and oxygen atoms in total. The van der Waals surface area contributed by atoms with E-state index in [4.69, 9.17) is 5.73 Å². The van der Waals surface area contributed by atoms with Crippen LogP contribution in [0.4, 0.5) is 0 Å². The quantitative estimate of drug-likeness (QED) is 0.532. The topological polar surface area (TPSA) is 26.0 Å². The summed E-state index contributed by atoms with van der Waals surface area (Å²) in [4.78, 5) is 0. The van der Waals surface area contributed by atoms with E-state index in [0.717, 1.165) is 6.54 Å². The van der Waals surface area contributed by atoms with Gasteiger partial charge in [-0.05, 0) is 12.0 Å². The van der Waals surface area contributed by atoms with Crippen molar-refractivity contribution in [1.29, 1.82) is 0 Å². The lowest BCUT2D eigenvalue weighted by molar-refractivity contribution is 0.428. The molecule has 0 unspecified atom stereocenters. The minimum absolute atomic E-state index is 0.319. The number of hydrogen-bond acceptors (Lipinski definition) is 1. The van der Waals surface area contributed by atoms with Gasteiger partial charge in [-0.2, -0.15) is 0 Å². The van der Waals surface area contributed by atoms with Gasteiger partial charge in [0.2, 0.25) is 0 Å². The van der Waals surface area contributed by atoms with Crippen LogP contribution in [-0.2, 0) is 0 Å².